The van der Waals surface area contributed by atoms with Gasteiger partial charge in [-0.25, -0.2) is 9.97 Å². The van der Waals surface area contributed by atoms with Crippen LogP contribution in [0.4, 0.5) is 11.5 Å². The molecule has 0 spiro atoms. The van der Waals surface area contributed by atoms with Crippen LogP contribution in [0.5, 0.6) is 0 Å². The molecule has 2 rings (SSSR count). The summed E-state index contributed by atoms with van der Waals surface area (Å²) in [7, 11) is 3.92. The average molecular weight is 320 g/mol. The highest BCUT2D eigenvalue weighted by molar-refractivity contribution is 6.32. The normalized spacial score (nSPS) is 12.2. The fourth-order valence-corrected chi connectivity index (χ4v) is 2.63. The zero-order chi connectivity index (χ0) is 15.9. The van der Waals surface area contributed by atoms with Gasteiger partial charge in [0.2, 0.25) is 0 Å². The first-order valence-corrected chi connectivity index (χ1v) is 7.65. The van der Waals surface area contributed by atoms with Gasteiger partial charge in [-0.05, 0) is 19.5 Å². The lowest BCUT2D eigenvalue weighted by Gasteiger charge is -2.23. The lowest BCUT2D eigenvalue weighted by molar-refractivity contribution is 0.316. The van der Waals surface area contributed by atoms with Crippen molar-refractivity contribution in [3.05, 3.63) is 47.4 Å². The van der Waals surface area contributed by atoms with Gasteiger partial charge in [-0.2, -0.15) is 0 Å². The Morgan fingerprint density at radius 1 is 1.23 bits per heavy atom. The van der Waals surface area contributed by atoms with Crippen molar-refractivity contribution in [3.63, 3.8) is 0 Å². The van der Waals surface area contributed by atoms with Gasteiger partial charge in [0.05, 0.1) is 0 Å². The van der Waals surface area contributed by atoms with Crippen LogP contribution in [0.2, 0.25) is 5.15 Å². The Morgan fingerprint density at radius 2 is 1.95 bits per heavy atom. The minimum Gasteiger partial charge on any atom is -0.383 e. The second-order valence-corrected chi connectivity index (χ2v) is 5.72. The molecule has 0 saturated heterocycles. The van der Waals surface area contributed by atoms with Crippen LogP contribution in [-0.4, -0.2) is 41.5 Å². The molecule has 0 radical (unpaired) electrons. The summed E-state index contributed by atoms with van der Waals surface area (Å²) in [6, 6.07) is 10.7. The Hall–Kier alpha value is -1.85. The highest BCUT2D eigenvalue weighted by Gasteiger charge is 2.12. The van der Waals surface area contributed by atoms with Crippen LogP contribution in [0.1, 0.15) is 12.5 Å². The van der Waals surface area contributed by atoms with Crippen molar-refractivity contribution in [1.82, 2.24) is 14.9 Å². The Morgan fingerprint density at radius 3 is 2.64 bits per heavy atom. The van der Waals surface area contributed by atoms with Crippen LogP contribution < -0.4 is 10.6 Å². The van der Waals surface area contributed by atoms with E-state index in [1.165, 1.54) is 11.9 Å². The number of aromatic nitrogens is 2. The first-order chi connectivity index (χ1) is 10.6. The topological polar surface area (TPSA) is 53.1 Å². The van der Waals surface area contributed by atoms with Crippen molar-refractivity contribution in [2.24, 2.45) is 0 Å². The van der Waals surface area contributed by atoms with E-state index in [0.717, 1.165) is 24.6 Å². The Labute approximate surface area is 136 Å². The lowest BCUT2D eigenvalue weighted by Crippen LogP contribution is -2.32. The third kappa shape index (κ3) is 4.58. The Kier molecular flexibility index (Phi) is 5.98. The molecule has 0 amide bonds. The number of rotatable bonds is 7. The number of benzene rings is 1. The van der Waals surface area contributed by atoms with Crippen LogP contribution in [0.3, 0.4) is 0 Å². The summed E-state index contributed by atoms with van der Waals surface area (Å²) >= 11 is 6.06. The highest BCUT2D eigenvalue weighted by Crippen LogP contribution is 2.25. The number of hydrogen-bond acceptors (Lipinski definition) is 5. The molecule has 118 valence electrons. The van der Waals surface area contributed by atoms with Crippen LogP contribution in [0, 0.1) is 0 Å². The molecule has 0 aliphatic carbocycles. The molecule has 0 aliphatic rings. The van der Waals surface area contributed by atoms with Crippen molar-refractivity contribution in [2.45, 2.75) is 19.5 Å². The van der Waals surface area contributed by atoms with Crippen molar-refractivity contribution in [1.29, 1.82) is 0 Å². The number of likely N-dealkylation sites (N-methyl/N-ethyl adjacent to an activating group) is 1. The molecule has 6 heteroatoms. The number of hydrogen-bond donors (Lipinski definition) is 2. The van der Waals surface area contributed by atoms with E-state index in [1.807, 2.05) is 13.1 Å². The Balaban J connectivity index is 1.92. The molecule has 0 fully saturated rings. The molecule has 0 saturated carbocycles. The lowest BCUT2D eigenvalue weighted by atomic mass is 10.2. The SMILES string of the molecule is CNc1c(Cl)ncnc1NC(C)CN(C)Cc1ccccc1. The molecular weight excluding hydrogens is 298 g/mol. The van der Waals surface area contributed by atoms with E-state index in [1.54, 1.807) is 0 Å². The molecule has 0 aliphatic heterocycles. The third-order valence-corrected chi connectivity index (χ3v) is 3.60. The molecule has 2 aromatic rings. The maximum Gasteiger partial charge on any atom is 0.157 e. The number of nitrogens with one attached hydrogen (secondary N) is 2. The second kappa shape index (κ2) is 7.96. The Bertz CT molecular complexity index is 590. The van der Waals surface area contributed by atoms with E-state index >= 15 is 0 Å². The zero-order valence-corrected chi connectivity index (χ0v) is 13.9. The van der Waals surface area contributed by atoms with Crippen LogP contribution in [0.25, 0.3) is 0 Å². The quantitative estimate of drug-likeness (QED) is 0.768. The van der Waals surface area contributed by atoms with Gasteiger partial charge in [0.15, 0.2) is 11.0 Å². The van der Waals surface area contributed by atoms with Gasteiger partial charge in [0.1, 0.15) is 12.0 Å². The molecule has 1 atom stereocenters. The first kappa shape index (κ1) is 16.5. The molecule has 22 heavy (non-hydrogen) atoms. The molecule has 1 aromatic carbocycles. The summed E-state index contributed by atoms with van der Waals surface area (Å²) in [4.78, 5) is 10.5. The van der Waals surface area contributed by atoms with Gasteiger partial charge in [0.25, 0.3) is 0 Å². The predicted octanol–water partition coefficient (Wildman–Crippen LogP) is 3.10. The van der Waals surface area contributed by atoms with Gasteiger partial charge in [-0.1, -0.05) is 41.9 Å². The summed E-state index contributed by atoms with van der Waals surface area (Å²) < 4.78 is 0. The van der Waals surface area contributed by atoms with Gasteiger partial charge in [-0.3, -0.25) is 0 Å². The number of nitrogens with zero attached hydrogens (tertiary/aromatic N) is 3. The van der Waals surface area contributed by atoms with E-state index in [9.17, 15) is 0 Å². The standard InChI is InChI=1S/C16H22ClN5/c1-12(9-22(3)10-13-7-5-4-6-8-13)21-16-14(18-2)15(17)19-11-20-16/h4-8,11-12,18H,9-10H2,1-3H3,(H,19,20,21). The average Bonchev–Trinajstić information content (AvgIpc) is 2.48. The second-order valence-electron chi connectivity index (χ2n) is 5.37. The molecule has 2 N–H and O–H groups in total. The monoisotopic (exact) mass is 319 g/mol. The fraction of sp³-hybridized carbons (Fsp3) is 0.375. The smallest absolute Gasteiger partial charge is 0.157 e. The molecular formula is C16H22ClN5. The largest absolute Gasteiger partial charge is 0.383 e. The van der Waals surface area contributed by atoms with E-state index < -0.39 is 0 Å². The minimum absolute atomic E-state index is 0.228. The maximum atomic E-state index is 6.06. The van der Waals surface area contributed by atoms with Gasteiger partial charge < -0.3 is 15.5 Å². The van der Waals surface area contributed by atoms with Gasteiger partial charge >= 0.3 is 0 Å². The van der Waals surface area contributed by atoms with E-state index in [-0.39, 0.29) is 6.04 Å². The number of halogens is 1. The zero-order valence-electron chi connectivity index (χ0n) is 13.2. The van der Waals surface area contributed by atoms with Crippen molar-refractivity contribution in [2.75, 3.05) is 31.3 Å². The van der Waals surface area contributed by atoms with Crippen LogP contribution in [0.15, 0.2) is 36.7 Å². The minimum atomic E-state index is 0.228. The summed E-state index contributed by atoms with van der Waals surface area (Å²) in [6.45, 7) is 3.92. The van der Waals surface area contributed by atoms with Crippen LogP contribution >= 0.6 is 11.6 Å². The summed E-state index contributed by atoms with van der Waals surface area (Å²) in [5, 5.41) is 6.83. The van der Waals surface area contributed by atoms with Gasteiger partial charge in [-0.15, -0.1) is 0 Å². The van der Waals surface area contributed by atoms with Crippen molar-refractivity contribution >= 4 is 23.1 Å². The first-order valence-electron chi connectivity index (χ1n) is 7.27. The molecule has 1 unspecified atom stereocenters. The number of anilines is 2. The van der Waals surface area contributed by atoms with E-state index in [0.29, 0.717) is 5.15 Å². The van der Waals surface area contributed by atoms with E-state index in [4.69, 9.17) is 11.6 Å². The molecule has 5 nitrogen and oxygen atoms in total. The van der Waals surface area contributed by atoms with E-state index in [2.05, 4.69) is 63.7 Å². The fourth-order valence-electron chi connectivity index (χ4n) is 2.40. The third-order valence-electron chi connectivity index (χ3n) is 3.31. The highest BCUT2D eigenvalue weighted by atomic mass is 35.5. The van der Waals surface area contributed by atoms with Crippen LogP contribution in [-0.2, 0) is 6.54 Å². The maximum absolute atomic E-state index is 6.06. The summed E-state index contributed by atoms with van der Waals surface area (Å²) in [6.07, 6.45) is 1.46. The van der Waals surface area contributed by atoms with Gasteiger partial charge in [0, 0.05) is 26.2 Å². The van der Waals surface area contributed by atoms with Crippen molar-refractivity contribution < 1.29 is 0 Å². The molecule has 0 bridgehead atoms. The summed E-state index contributed by atoms with van der Waals surface area (Å²) in [5.74, 6) is 0.725. The molecule has 1 aromatic heterocycles. The predicted molar refractivity (Wildman–Crippen MR) is 92.4 cm³/mol. The van der Waals surface area contributed by atoms with Crippen molar-refractivity contribution in [3.8, 4) is 0 Å². The molecule has 1 heterocycles. The summed E-state index contributed by atoms with van der Waals surface area (Å²) in [5.41, 5.74) is 2.03.